The van der Waals surface area contributed by atoms with Crippen LogP contribution in [-0.2, 0) is 4.74 Å². The molecule has 2 saturated heterocycles. The third-order valence-corrected chi connectivity index (χ3v) is 6.52. The van der Waals surface area contributed by atoms with Crippen molar-refractivity contribution >= 4 is 34.9 Å². The number of ether oxygens (including phenoxy) is 1. The molecule has 2 aliphatic rings. The molecule has 29 heavy (non-hydrogen) atoms. The number of nitrogens with one attached hydrogen (secondary N) is 2. The van der Waals surface area contributed by atoms with Gasteiger partial charge >= 0.3 is 6.09 Å². The predicted octanol–water partition coefficient (Wildman–Crippen LogP) is 3.33. The van der Waals surface area contributed by atoms with Crippen LogP contribution in [0.4, 0.5) is 10.5 Å². The zero-order valence-electron chi connectivity index (χ0n) is 16.4. The molecule has 0 saturated carbocycles. The zero-order valence-corrected chi connectivity index (χ0v) is 17.2. The Labute approximate surface area is 173 Å². The Morgan fingerprint density at radius 3 is 2.55 bits per heavy atom. The minimum atomic E-state index is -0.487. The fourth-order valence-corrected chi connectivity index (χ4v) is 4.47. The van der Waals surface area contributed by atoms with Crippen LogP contribution in [0.3, 0.4) is 0 Å². The van der Waals surface area contributed by atoms with Gasteiger partial charge in [-0.1, -0.05) is 6.07 Å². The summed E-state index contributed by atoms with van der Waals surface area (Å²) < 4.78 is 5.41. The Morgan fingerprint density at radius 1 is 1.17 bits per heavy atom. The van der Waals surface area contributed by atoms with E-state index in [9.17, 15) is 14.4 Å². The first-order chi connectivity index (χ1) is 13.8. The zero-order chi connectivity index (χ0) is 20.6. The Morgan fingerprint density at radius 2 is 1.93 bits per heavy atom. The molecule has 7 nitrogen and oxygen atoms in total. The predicted molar refractivity (Wildman–Crippen MR) is 111 cm³/mol. The van der Waals surface area contributed by atoms with Crippen molar-refractivity contribution in [3.63, 3.8) is 0 Å². The lowest BCUT2D eigenvalue weighted by Crippen LogP contribution is -2.48. The normalized spacial score (nSPS) is 17.7. The van der Waals surface area contributed by atoms with E-state index in [4.69, 9.17) is 4.74 Å². The second-order valence-electron chi connectivity index (χ2n) is 7.61. The van der Waals surface area contributed by atoms with Gasteiger partial charge in [0.05, 0.1) is 11.4 Å². The van der Waals surface area contributed by atoms with Gasteiger partial charge in [0.15, 0.2) is 0 Å². The van der Waals surface area contributed by atoms with Crippen LogP contribution >= 0.6 is 11.3 Å². The van der Waals surface area contributed by atoms with Crippen molar-refractivity contribution in [1.82, 2.24) is 10.2 Å². The number of alkyl carbamates (subject to hydrolysis) is 1. The molecule has 3 heterocycles. The van der Waals surface area contributed by atoms with Crippen LogP contribution in [0, 0.1) is 13.8 Å². The van der Waals surface area contributed by atoms with Crippen molar-refractivity contribution in [3.05, 3.63) is 51.2 Å². The summed E-state index contributed by atoms with van der Waals surface area (Å²) in [5.41, 5.74) is 1.57. The van der Waals surface area contributed by atoms with Gasteiger partial charge in [-0.25, -0.2) is 4.79 Å². The number of thiophene rings is 1. The summed E-state index contributed by atoms with van der Waals surface area (Å²) in [6, 6.07) is 9.07. The van der Waals surface area contributed by atoms with E-state index in [1.54, 1.807) is 23.1 Å². The van der Waals surface area contributed by atoms with E-state index in [1.807, 2.05) is 26.0 Å². The minimum Gasteiger partial charge on any atom is -0.441 e. The molecule has 2 fully saturated rings. The first-order valence-corrected chi connectivity index (χ1v) is 10.4. The van der Waals surface area contributed by atoms with E-state index in [1.165, 1.54) is 11.3 Å². The summed E-state index contributed by atoms with van der Waals surface area (Å²) in [5, 5.41) is 5.62. The summed E-state index contributed by atoms with van der Waals surface area (Å²) in [6.45, 7) is 5.40. The lowest BCUT2D eigenvalue weighted by molar-refractivity contribution is 0.00330. The molecule has 0 unspecified atom stereocenters. The maximum absolute atomic E-state index is 13.0. The summed E-state index contributed by atoms with van der Waals surface area (Å²) in [7, 11) is 0. The van der Waals surface area contributed by atoms with Crippen LogP contribution in [0.25, 0.3) is 0 Å². The molecule has 0 aliphatic carbocycles. The molecule has 2 aromatic rings. The third kappa shape index (κ3) is 3.98. The maximum atomic E-state index is 13.0. The number of likely N-dealkylation sites (tertiary alicyclic amines) is 1. The Hall–Kier alpha value is -2.87. The van der Waals surface area contributed by atoms with Gasteiger partial charge in [0.1, 0.15) is 5.60 Å². The average Bonchev–Trinajstić information content (AvgIpc) is 3.29. The Balaban J connectivity index is 1.45. The molecule has 3 amide bonds. The van der Waals surface area contributed by atoms with Gasteiger partial charge in [0.2, 0.25) is 0 Å². The number of rotatable bonds is 3. The fourth-order valence-electron chi connectivity index (χ4n) is 3.71. The van der Waals surface area contributed by atoms with Gasteiger partial charge < -0.3 is 20.3 Å². The van der Waals surface area contributed by atoms with E-state index >= 15 is 0 Å². The Bertz CT molecular complexity index is 976. The van der Waals surface area contributed by atoms with Crippen LogP contribution in [0.5, 0.6) is 0 Å². The number of hydrogen-bond donors (Lipinski definition) is 2. The molecule has 0 atom stereocenters. The number of nitrogens with zero attached hydrogens (tertiary/aromatic N) is 1. The molecule has 1 aromatic carbocycles. The summed E-state index contributed by atoms with van der Waals surface area (Å²) >= 11 is 1.44. The van der Waals surface area contributed by atoms with Gasteiger partial charge in [0, 0.05) is 42.1 Å². The van der Waals surface area contributed by atoms with Gasteiger partial charge in [-0.3, -0.25) is 9.59 Å². The summed E-state index contributed by atoms with van der Waals surface area (Å²) in [4.78, 5) is 40.3. The van der Waals surface area contributed by atoms with E-state index in [-0.39, 0.29) is 17.9 Å². The molecule has 2 aliphatic heterocycles. The number of benzene rings is 1. The van der Waals surface area contributed by atoms with Crippen LogP contribution < -0.4 is 10.6 Å². The van der Waals surface area contributed by atoms with E-state index in [0.717, 1.165) is 10.4 Å². The van der Waals surface area contributed by atoms with Gasteiger partial charge in [0.25, 0.3) is 11.8 Å². The van der Waals surface area contributed by atoms with E-state index in [0.29, 0.717) is 48.6 Å². The van der Waals surface area contributed by atoms with Crippen molar-refractivity contribution in [2.75, 3.05) is 25.0 Å². The topological polar surface area (TPSA) is 87.7 Å². The van der Waals surface area contributed by atoms with E-state index in [2.05, 4.69) is 10.6 Å². The van der Waals surface area contributed by atoms with Crippen LogP contribution in [0.15, 0.2) is 30.3 Å². The summed E-state index contributed by atoms with van der Waals surface area (Å²) in [5.74, 6) is -0.258. The first kappa shape index (κ1) is 19.4. The third-order valence-electron chi connectivity index (χ3n) is 5.52. The van der Waals surface area contributed by atoms with Crippen LogP contribution in [-0.4, -0.2) is 48.0 Å². The number of piperidine rings is 1. The largest absolute Gasteiger partial charge is 0.441 e. The first-order valence-electron chi connectivity index (χ1n) is 9.60. The van der Waals surface area contributed by atoms with Crippen molar-refractivity contribution < 1.29 is 19.1 Å². The highest BCUT2D eigenvalue weighted by Gasteiger charge is 2.43. The second kappa shape index (κ2) is 7.51. The monoisotopic (exact) mass is 413 g/mol. The molecule has 0 bridgehead atoms. The van der Waals surface area contributed by atoms with Gasteiger partial charge in [-0.2, -0.15) is 0 Å². The van der Waals surface area contributed by atoms with Crippen molar-refractivity contribution in [1.29, 1.82) is 0 Å². The standard InChI is InChI=1S/C21H23N3O4S/c1-13-3-5-15(11-16(13)23-18(25)17-6-4-14(2)29-17)19(26)24-9-7-21(8-10-24)12-22-20(27)28-21/h3-6,11H,7-10,12H2,1-2H3,(H,22,27)(H,23,25). The molecular formula is C21H23N3O4S. The number of amides is 3. The average molecular weight is 413 g/mol. The highest BCUT2D eigenvalue weighted by Crippen LogP contribution is 2.30. The number of anilines is 1. The smallest absolute Gasteiger partial charge is 0.407 e. The highest BCUT2D eigenvalue weighted by molar-refractivity contribution is 7.14. The lowest BCUT2D eigenvalue weighted by atomic mass is 9.91. The van der Waals surface area contributed by atoms with Crippen molar-refractivity contribution in [2.45, 2.75) is 32.3 Å². The maximum Gasteiger partial charge on any atom is 0.407 e. The van der Waals surface area contributed by atoms with E-state index < -0.39 is 5.60 Å². The summed E-state index contributed by atoms with van der Waals surface area (Å²) in [6.07, 6.45) is 0.847. The number of aryl methyl sites for hydroxylation is 2. The van der Waals surface area contributed by atoms with Gasteiger partial charge in [-0.15, -0.1) is 11.3 Å². The number of hydrogen-bond acceptors (Lipinski definition) is 5. The Kier molecular flexibility index (Phi) is 5.04. The molecule has 1 spiro atoms. The van der Waals surface area contributed by atoms with Crippen molar-refractivity contribution in [2.24, 2.45) is 0 Å². The fraction of sp³-hybridized carbons (Fsp3) is 0.381. The number of carbonyl (C=O) groups excluding carboxylic acids is 3. The molecule has 0 radical (unpaired) electrons. The second-order valence-corrected chi connectivity index (χ2v) is 8.90. The molecule has 8 heteroatoms. The lowest BCUT2D eigenvalue weighted by Gasteiger charge is -2.37. The molecule has 1 aromatic heterocycles. The molecule has 4 rings (SSSR count). The molecular weight excluding hydrogens is 390 g/mol. The van der Waals surface area contributed by atoms with Gasteiger partial charge in [-0.05, 0) is 43.7 Å². The number of carbonyl (C=O) groups is 3. The molecule has 152 valence electrons. The molecule has 2 N–H and O–H groups in total. The van der Waals surface area contributed by atoms with Crippen LogP contribution in [0.2, 0.25) is 0 Å². The van der Waals surface area contributed by atoms with Crippen molar-refractivity contribution in [3.8, 4) is 0 Å². The quantitative estimate of drug-likeness (QED) is 0.808. The van der Waals surface area contributed by atoms with Crippen LogP contribution in [0.1, 0.15) is 43.3 Å². The highest BCUT2D eigenvalue weighted by atomic mass is 32.1. The SMILES string of the molecule is Cc1ccc(C(=O)Nc2cc(C(=O)N3CCC4(CC3)CNC(=O)O4)ccc2C)s1. The minimum absolute atomic E-state index is 0.0837.